The van der Waals surface area contributed by atoms with Crippen LogP contribution >= 0.6 is 0 Å². The third-order valence-electron chi connectivity index (χ3n) is 5.97. The molecule has 0 aliphatic heterocycles. The number of rotatable bonds is 8. The van der Waals surface area contributed by atoms with Gasteiger partial charge in [-0.3, -0.25) is 0 Å². The summed E-state index contributed by atoms with van der Waals surface area (Å²) in [4.78, 5) is 14.1. The van der Waals surface area contributed by atoms with Crippen molar-refractivity contribution in [1.82, 2.24) is 15.0 Å². The molecular weight excluding hydrogens is 393 g/mol. The van der Waals surface area contributed by atoms with Gasteiger partial charge in [-0.25, -0.2) is 19.3 Å². The first-order chi connectivity index (χ1) is 15.1. The lowest BCUT2D eigenvalue weighted by molar-refractivity contribution is 0.122. The number of hydrogen-bond donors (Lipinski definition) is 3. The van der Waals surface area contributed by atoms with Crippen molar-refractivity contribution in [3.63, 3.8) is 0 Å². The number of benzene rings is 1. The van der Waals surface area contributed by atoms with Gasteiger partial charge in [-0.2, -0.15) is 0 Å². The minimum atomic E-state index is -0.245. The fourth-order valence-corrected chi connectivity index (χ4v) is 4.12. The van der Waals surface area contributed by atoms with Gasteiger partial charge in [-0.05, 0) is 55.7 Å². The molecule has 0 unspecified atom stereocenters. The van der Waals surface area contributed by atoms with E-state index in [1.807, 2.05) is 12.4 Å². The van der Waals surface area contributed by atoms with Crippen LogP contribution in [0.1, 0.15) is 62.5 Å². The van der Waals surface area contributed by atoms with Crippen LogP contribution in [0, 0.1) is 5.82 Å². The van der Waals surface area contributed by atoms with Crippen LogP contribution in [0.15, 0.2) is 36.7 Å². The number of pyridine rings is 1. The Morgan fingerprint density at radius 1 is 1.03 bits per heavy atom. The van der Waals surface area contributed by atoms with Crippen molar-refractivity contribution in [1.29, 1.82) is 0 Å². The summed E-state index contributed by atoms with van der Waals surface area (Å²) in [5.74, 6) is 1.45. The Morgan fingerprint density at radius 2 is 1.81 bits per heavy atom. The number of nitrogens with zero attached hydrogens (tertiary/aromatic N) is 3. The first-order valence-corrected chi connectivity index (χ1v) is 11.2. The highest BCUT2D eigenvalue weighted by molar-refractivity contribution is 5.91. The Balaban J connectivity index is 1.63. The highest BCUT2D eigenvalue weighted by Gasteiger charge is 2.24. The zero-order valence-electron chi connectivity index (χ0n) is 17.9. The predicted molar refractivity (Wildman–Crippen MR) is 122 cm³/mol. The van der Waals surface area contributed by atoms with Crippen molar-refractivity contribution < 1.29 is 9.50 Å². The number of aromatic nitrogens is 3. The second-order valence-corrected chi connectivity index (χ2v) is 8.28. The molecule has 0 spiro atoms. The number of aliphatic hydroxyl groups is 1. The number of fused-ring (bicyclic) bond motifs is 1. The van der Waals surface area contributed by atoms with E-state index in [0.717, 1.165) is 72.9 Å². The quantitative estimate of drug-likeness (QED) is 0.442. The van der Waals surface area contributed by atoms with E-state index in [1.54, 1.807) is 12.1 Å². The molecule has 1 aromatic carbocycles. The molecule has 3 N–H and O–H groups in total. The van der Waals surface area contributed by atoms with Crippen molar-refractivity contribution >= 4 is 22.7 Å². The van der Waals surface area contributed by atoms with Crippen LogP contribution in [-0.4, -0.2) is 32.7 Å². The largest absolute Gasteiger partial charge is 0.393 e. The number of anilines is 2. The molecule has 0 bridgehead atoms. The summed E-state index contributed by atoms with van der Waals surface area (Å²) < 4.78 is 13.2. The van der Waals surface area contributed by atoms with Gasteiger partial charge in [-0.1, -0.05) is 25.5 Å². The molecule has 164 valence electrons. The van der Waals surface area contributed by atoms with Crippen LogP contribution in [0.25, 0.3) is 10.9 Å². The van der Waals surface area contributed by atoms with Crippen molar-refractivity contribution in [3.05, 3.63) is 53.6 Å². The molecule has 1 fully saturated rings. The fraction of sp³-hybridized carbons (Fsp3) is 0.458. The minimum absolute atomic E-state index is 0.201. The van der Waals surface area contributed by atoms with Crippen molar-refractivity contribution in [2.24, 2.45) is 0 Å². The first-order valence-electron chi connectivity index (χ1n) is 11.2. The topological polar surface area (TPSA) is 83.0 Å². The summed E-state index contributed by atoms with van der Waals surface area (Å²) in [6, 6.07) is 6.44. The minimum Gasteiger partial charge on any atom is -0.393 e. The standard InChI is InChI=1S/C24H30FN5O/c1-2-3-12-26-24-29-15-21-22(30-24)20(17-6-10-19(31)11-7-17)14-28-23(21)27-13-16-4-8-18(25)9-5-16/h4-5,8-9,14-15,17,19,31H,2-3,6-7,10-13H2,1H3,(H,27,28)(H,26,29,30)/t17-,19-. The highest BCUT2D eigenvalue weighted by Crippen LogP contribution is 2.37. The summed E-state index contributed by atoms with van der Waals surface area (Å²) in [6.45, 7) is 3.53. The summed E-state index contributed by atoms with van der Waals surface area (Å²) in [7, 11) is 0. The second kappa shape index (κ2) is 10.0. The van der Waals surface area contributed by atoms with Crippen molar-refractivity contribution in [2.75, 3.05) is 17.2 Å². The van der Waals surface area contributed by atoms with Crippen LogP contribution in [-0.2, 0) is 6.54 Å². The maximum absolute atomic E-state index is 13.2. The molecular formula is C24H30FN5O. The summed E-state index contributed by atoms with van der Waals surface area (Å²) in [5, 5.41) is 17.5. The van der Waals surface area contributed by atoms with Crippen LogP contribution < -0.4 is 10.6 Å². The molecule has 0 amide bonds. The average molecular weight is 424 g/mol. The van der Waals surface area contributed by atoms with E-state index in [2.05, 4.69) is 22.5 Å². The highest BCUT2D eigenvalue weighted by atomic mass is 19.1. The van der Waals surface area contributed by atoms with E-state index in [9.17, 15) is 9.50 Å². The SMILES string of the molecule is CCCCNc1ncc2c(NCc3ccc(F)cc3)ncc([C@H]3CC[C@H](O)CC3)c2n1. The zero-order chi connectivity index (χ0) is 21.6. The van der Waals surface area contributed by atoms with E-state index in [-0.39, 0.29) is 11.9 Å². The van der Waals surface area contributed by atoms with E-state index in [1.165, 1.54) is 12.1 Å². The Labute approximate surface area is 182 Å². The summed E-state index contributed by atoms with van der Waals surface area (Å²) in [5.41, 5.74) is 3.00. The Morgan fingerprint density at radius 3 is 2.55 bits per heavy atom. The third-order valence-corrected chi connectivity index (χ3v) is 5.97. The molecule has 1 aliphatic rings. The van der Waals surface area contributed by atoms with E-state index >= 15 is 0 Å². The maximum Gasteiger partial charge on any atom is 0.223 e. The Bertz CT molecular complexity index is 1000. The van der Waals surface area contributed by atoms with Crippen molar-refractivity contribution in [2.45, 2.75) is 64.0 Å². The molecule has 31 heavy (non-hydrogen) atoms. The van der Waals surface area contributed by atoms with Gasteiger partial charge in [0.2, 0.25) is 5.95 Å². The molecule has 0 atom stereocenters. The van der Waals surface area contributed by atoms with Gasteiger partial charge < -0.3 is 15.7 Å². The average Bonchev–Trinajstić information content (AvgIpc) is 2.79. The lowest BCUT2D eigenvalue weighted by Crippen LogP contribution is -2.18. The third kappa shape index (κ3) is 5.28. The molecule has 3 aromatic rings. The molecule has 4 rings (SSSR count). The predicted octanol–water partition coefficient (Wildman–Crippen LogP) is 5.01. The van der Waals surface area contributed by atoms with Crippen molar-refractivity contribution in [3.8, 4) is 0 Å². The summed E-state index contributed by atoms with van der Waals surface area (Å²) >= 11 is 0. The molecule has 0 saturated heterocycles. The number of unbranched alkanes of at least 4 members (excludes halogenated alkanes) is 1. The van der Waals surface area contributed by atoms with Gasteiger partial charge in [0.15, 0.2) is 0 Å². The summed E-state index contributed by atoms with van der Waals surface area (Å²) in [6.07, 6.45) is 9.21. The fourth-order valence-electron chi connectivity index (χ4n) is 4.12. The molecule has 1 saturated carbocycles. The van der Waals surface area contributed by atoms with Crippen LogP contribution in [0.3, 0.4) is 0 Å². The molecule has 2 aromatic heterocycles. The lowest BCUT2D eigenvalue weighted by atomic mass is 9.82. The normalized spacial score (nSPS) is 18.8. The van der Waals surface area contributed by atoms with Gasteiger partial charge in [0, 0.05) is 31.0 Å². The first kappa shape index (κ1) is 21.4. The maximum atomic E-state index is 13.2. The Hall–Kier alpha value is -2.80. The van der Waals surface area contributed by atoms with Gasteiger partial charge in [0.05, 0.1) is 17.0 Å². The molecule has 1 aliphatic carbocycles. The van der Waals surface area contributed by atoms with E-state index in [0.29, 0.717) is 18.4 Å². The molecule has 7 heteroatoms. The molecule has 6 nitrogen and oxygen atoms in total. The van der Waals surface area contributed by atoms with Crippen LogP contribution in [0.4, 0.5) is 16.2 Å². The second-order valence-electron chi connectivity index (χ2n) is 8.28. The lowest BCUT2D eigenvalue weighted by Gasteiger charge is -2.26. The number of hydrogen-bond acceptors (Lipinski definition) is 6. The van der Waals surface area contributed by atoms with Gasteiger partial charge in [0.1, 0.15) is 11.6 Å². The van der Waals surface area contributed by atoms with E-state index < -0.39 is 0 Å². The van der Waals surface area contributed by atoms with Gasteiger partial charge >= 0.3 is 0 Å². The van der Waals surface area contributed by atoms with Gasteiger partial charge in [0.25, 0.3) is 0 Å². The van der Waals surface area contributed by atoms with Crippen LogP contribution in [0.2, 0.25) is 0 Å². The molecule has 0 radical (unpaired) electrons. The van der Waals surface area contributed by atoms with Crippen LogP contribution in [0.5, 0.6) is 0 Å². The molecule has 2 heterocycles. The van der Waals surface area contributed by atoms with Gasteiger partial charge in [-0.15, -0.1) is 0 Å². The number of nitrogens with one attached hydrogen (secondary N) is 2. The van der Waals surface area contributed by atoms with E-state index in [4.69, 9.17) is 9.97 Å². The number of halogens is 1. The smallest absolute Gasteiger partial charge is 0.223 e. The zero-order valence-corrected chi connectivity index (χ0v) is 17.9. The monoisotopic (exact) mass is 423 g/mol. The Kier molecular flexibility index (Phi) is 6.92. The number of aliphatic hydroxyl groups excluding tert-OH is 1.